The topological polar surface area (TPSA) is 87.2 Å². The lowest BCUT2D eigenvalue weighted by molar-refractivity contribution is -0.132. The van der Waals surface area contributed by atoms with E-state index < -0.39 is 0 Å². The molecule has 0 spiro atoms. The molecule has 1 aliphatic heterocycles. The van der Waals surface area contributed by atoms with E-state index in [1.54, 1.807) is 24.3 Å². The molecule has 3 rings (SSSR count). The second-order valence-corrected chi connectivity index (χ2v) is 6.13. The van der Waals surface area contributed by atoms with Crippen LogP contribution in [0, 0.1) is 0 Å². The summed E-state index contributed by atoms with van der Waals surface area (Å²) in [6, 6.07) is 6.92. The Morgan fingerprint density at radius 2 is 2.04 bits per heavy atom. The maximum atomic E-state index is 12.5. The summed E-state index contributed by atoms with van der Waals surface area (Å²) in [4.78, 5) is 38.8. The molecule has 7 heteroatoms. The smallest absolute Gasteiger partial charge is 0.273 e. The maximum Gasteiger partial charge on any atom is 0.273 e. The first kappa shape index (κ1) is 16.4. The van der Waals surface area contributed by atoms with Crippen molar-refractivity contribution in [3.05, 3.63) is 45.0 Å². The minimum atomic E-state index is -0.313. The van der Waals surface area contributed by atoms with E-state index in [1.807, 2.05) is 11.9 Å². The van der Waals surface area contributed by atoms with Gasteiger partial charge in [0, 0.05) is 25.6 Å². The summed E-state index contributed by atoms with van der Waals surface area (Å²) >= 11 is 0. The van der Waals surface area contributed by atoms with Crippen molar-refractivity contribution in [2.75, 3.05) is 20.1 Å². The first-order chi connectivity index (χ1) is 11.6. The van der Waals surface area contributed by atoms with Crippen LogP contribution in [-0.4, -0.2) is 46.8 Å². The van der Waals surface area contributed by atoms with Crippen LogP contribution in [-0.2, 0) is 11.3 Å². The number of nitrogens with one attached hydrogen (secondary N) is 2. The molecule has 1 amide bonds. The third-order valence-electron chi connectivity index (χ3n) is 4.57. The number of likely N-dealkylation sites (tertiary alicyclic amines) is 1. The van der Waals surface area contributed by atoms with E-state index >= 15 is 0 Å². The van der Waals surface area contributed by atoms with Gasteiger partial charge in [-0.3, -0.25) is 19.5 Å². The zero-order chi connectivity index (χ0) is 17.1. The van der Waals surface area contributed by atoms with E-state index in [4.69, 9.17) is 0 Å². The summed E-state index contributed by atoms with van der Waals surface area (Å²) in [6.45, 7) is 1.72. The molecule has 7 nitrogen and oxygen atoms in total. The predicted octanol–water partition coefficient (Wildman–Crippen LogP) is 0.290. The van der Waals surface area contributed by atoms with Crippen LogP contribution in [0.1, 0.15) is 19.3 Å². The van der Waals surface area contributed by atoms with Gasteiger partial charge >= 0.3 is 0 Å². The Morgan fingerprint density at radius 3 is 2.79 bits per heavy atom. The van der Waals surface area contributed by atoms with E-state index in [-0.39, 0.29) is 36.0 Å². The second kappa shape index (κ2) is 7.00. The fourth-order valence-corrected chi connectivity index (χ4v) is 3.37. The van der Waals surface area contributed by atoms with Gasteiger partial charge in [0.2, 0.25) is 5.91 Å². The largest absolute Gasteiger partial charge is 0.338 e. The van der Waals surface area contributed by atoms with Gasteiger partial charge in [0.05, 0.1) is 17.3 Å². The van der Waals surface area contributed by atoms with Crippen molar-refractivity contribution >= 4 is 16.7 Å². The lowest BCUT2D eigenvalue weighted by atomic mass is 10.2. The summed E-state index contributed by atoms with van der Waals surface area (Å²) in [6.07, 6.45) is 2.21. The van der Waals surface area contributed by atoms with Gasteiger partial charge in [-0.2, -0.15) is 0 Å². The molecule has 1 atom stereocenters. The number of aryl methyl sites for hydroxylation is 1. The molecular formula is C17H22N4O3. The predicted molar refractivity (Wildman–Crippen MR) is 92.1 cm³/mol. The van der Waals surface area contributed by atoms with Crippen molar-refractivity contribution in [1.82, 2.24) is 20.0 Å². The van der Waals surface area contributed by atoms with Crippen molar-refractivity contribution in [2.24, 2.45) is 0 Å². The summed E-state index contributed by atoms with van der Waals surface area (Å²) in [5.74, 6) is 0.0219. The summed E-state index contributed by atoms with van der Waals surface area (Å²) in [7, 11) is 1.88. The average Bonchev–Trinajstić information content (AvgIpc) is 3.05. The van der Waals surface area contributed by atoms with Crippen molar-refractivity contribution in [3.63, 3.8) is 0 Å². The van der Waals surface area contributed by atoms with Crippen LogP contribution in [0.4, 0.5) is 0 Å². The quantitative estimate of drug-likeness (QED) is 0.825. The van der Waals surface area contributed by atoms with Gasteiger partial charge < -0.3 is 10.2 Å². The van der Waals surface area contributed by atoms with Crippen LogP contribution in [0.2, 0.25) is 0 Å². The number of amides is 1. The number of nitrogens with zero attached hydrogens (tertiary/aromatic N) is 2. The number of hydrogen-bond donors (Lipinski definition) is 2. The number of H-pyrrole nitrogens is 1. The Balaban J connectivity index is 1.76. The number of aromatic amines is 1. The van der Waals surface area contributed by atoms with E-state index in [0.29, 0.717) is 10.8 Å². The number of hydrogen-bond acceptors (Lipinski definition) is 4. The number of carbonyl (C=O) groups excluding carboxylic acids is 1. The SMILES string of the molecule is CNCC1CCCN1C(=O)CCn1[nH]c(=O)c2ccccc2c1=O. The van der Waals surface area contributed by atoms with Gasteiger partial charge in [-0.25, -0.2) is 4.68 Å². The average molecular weight is 330 g/mol. The number of benzene rings is 1. The highest BCUT2D eigenvalue weighted by Crippen LogP contribution is 2.17. The highest BCUT2D eigenvalue weighted by Gasteiger charge is 2.27. The van der Waals surface area contributed by atoms with Gasteiger partial charge in [-0.15, -0.1) is 0 Å². The maximum absolute atomic E-state index is 12.5. The molecule has 1 aliphatic rings. The molecule has 2 aromatic rings. The molecule has 24 heavy (non-hydrogen) atoms. The van der Waals surface area contributed by atoms with E-state index in [9.17, 15) is 14.4 Å². The van der Waals surface area contributed by atoms with Crippen LogP contribution < -0.4 is 16.4 Å². The molecular weight excluding hydrogens is 308 g/mol. The zero-order valence-electron chi connectivity index (χ0n) is 13.7. The fraction of sp³-hybridized carbons (Fsp3) is 0.471. The first-order valence-corrected chi connectivity index (χ1v) is 8.27. The number of aromatic nitrogens is 2. The highest BCUT2D eigenvalue weighted by atomic mass is 16.2. The lowest BCUT2D eigenvalue weighted by Crippen LogP contribution is -2.41. The van der Waals surface area contributed by atoms with Crippen LogP contribution in [0.3, 0.4) is 0 Å². The van der Waals surface area contributed by atoms with Gasteiger partial charge in [0.1, 0.15) is 0 Å². The third-order valence-corrected chi connectivity index (χ3v) is 4.57. The van der Waals surface area contributed by atoms with Gasteiger partial charge in [0.15, 0.2) is 0 Å². The summed E-state index contributed by atoms with van der Waals surface area (Å²) in [5.41, 5.74) is -0.585. The first-order valence-electron chi connectivity index (χ1n) is 8.27. The molecule has 0 aliphatic carbocycles. The third kappa shape index (κ3) is 3.12. The van der Waals surface area contributed by atoms with Crippen LogP contribution in [0.5, 0.6) is 0 Å². The molecule has 1 aromatic heterocycles. The van der Waals surface area contributed by atoms with E-state index in [2.05, 4.69) is 10.4 Å². The van der Waals surface area contributed by atoms with Gasteiger partial charge in [-0.1, -0.05) is 12.1 Å². The highest BCUT2D eigenvalue weighted by molar-refractivity contribution is 5.80. The normalized spacial score (nSPS) is 17.5. The molecule has 2 N–H and O–H groups in total. The summed E-state index contributed by atoms with van der Waals surface area (Å²) in [5, 5.41) is 6.43. The van der Waals surface area contributed by atoms with Gasteiger partial charge in [-0.05, 0) is 32.0 Å². The number of fused-ring (bicyclic) bond motifs is 1. The molecule has 1 saturated heterocycles. The van der Waals surface area contributed by atoms with Crippen molar-refractivity contribution in [3.8, 4) is 0 Å². The van der Waals surface area contributed by atoms with Crippen LogP contribution >= 0.6 is 0 Å². The number of rotatable bonds is 5. The minimum Gasteiger partial charge on any atom is -0.338 e. The molecule has 1 aromatic carbocycles. The zero-order valence-corrected chi connectivity index (χ0v) is 13.7. The summed E-state index contributed by atoms with van der Waals surface area (Å²) < 4.78 is 1.24. The molecule has 128 valence electrons. The molecule has 0 saturated carbocycles. The second-order valence-electron chi connectivity index (χ2n) is 6.13. The Bertz CT molecular complexity index is 855. The lowest BCUT2D eigenvalue weighted by Gasteiger charge is -2.24. The minimum absolute atomic E-state index is 0.0219. The van der Waals surface area contributed by atoms with E-state index in [1.165, 1.54) is 4.68 Å². The molecule has 2 heterocycles. The fourth-order valence-electron chi connectivity index (χ4n) is 3.37. The van der Waals surface area contributed by atoms with Crippen molar-refractivity contribution < 1.29 is 4.79 Å². The van der Waals surface area contributed by atoms with Crippen LogP contribution in [0.15, 0.2) is 33.9 Å². The van der Waals surface area contributed by atoms with Crippen molar-refractivity contribution in [1.29, 1.82) is 0 Å². The van der Waals surface area contributed by atoms with Crippen LogP contribution in [0.25, 0.3) is 10.8 Å². The number of carbonyl (C=O) groups is 1. The Morgan fingerprint density at radius 1 is 1.29 bits per heavy atom. The molecule has 1 fully saturated rings. The Kier molecular flexibility index (Phi) is 4.80. The Labute approximate surface area is 139 Å². The van der Waals surface area contributed by atoms with E-state index in [0.717, 1.165) is 25.9 Å². The van der Waals surface area contributed by atoms with Crippen molar-refractivity contribution in [2.45, 2.75) is 31.8 Å². The Hall–Kier alpha value is -2.41. The molecule has 0 radical (unpaired) electrons. The standard InChI is InChI=1S/C17H22N4O3/c1-18-11-12-5-4-9-20(12)15(22)8-10-21-17(24)14-7-3-2-6-13(14)16(23)19-21/h2-3,6-7,12,18H,4-5,8-11H2,1H3,(H,19,23). The molecule has 1 unspecified atom stereocenters. The van der Waals surface area contributed by atoms with Gasteiger partial charge in [0.25, 0.3) is 11.1 Å². The monoisotopic (exact) mass is 330 g/mol. The molecule has 0 bridgehead atoms. The number of likely N-dealkylation sites (N-methyl/N-ethyl adjacent to an activating group) is 1.